The van der Waals surface area contributed by atoms with Crippen molar-refractivity contribution in [3.63, 3.8) is 0 Å². The minimum atomic E-state index is -0.236. The summed E-state index contributed by atoms with van der Waals surface area (Å²) in [6.45, 7) is 0.742. The highest BCUT2D eigenvalue weighted by molar-refractivity contribution is 7.97. The minimum absolute atomic E-state index is 0.236. The SMILES string of the molecule is CSCc1ccc2c(c1)-c1cn(C)c(C#N)c1CCN2c1ccc(F)cc1. The normalized spacial score (nSPS) is 12.9. The number of nitriles is 1. The largest absolute Gasteiger partial charge is 0.342 e. The van der Waals surface area contributed by atoms with Crippen LogP contribution in [0.5, 0.6) is 0 Å². The van der Waals surface area contributed by atoms with Crippen LogP contribution in [-0.2, 0) is 19.2 Å². The fourth-order valence-electron chi connectivity index (χ4n) is 3.83. The van der Waals surface area contributed by atoms with Crippen LogP contribution in [0.25, 0.3) is 11.1 Å². The lowest BCUT2D eigenvalue weighted by Gasteiger charge is -2.25. The molecule has 1 aliphatic rings. The van der Waals surface area contributed by atoms with Gasteiger partial charge in [0.05, 0.1) is 0 Å². The molecular weight excluding hydrogens is 357 g/mol. The van der Waals surface area contributed by atoms with E-state index in [2.05, 4.69) is 41.6 Å². The standard InChI is InChI=1S/C22H20FN3S/c1-25-13-20-18(22(25)12-24)9-10-26(17-6-4-16(23)5-7-17)21-8-3-15(14-27-2)11-19(20)21/h3-8,11,13H,9-10,14H2,1-2H3. The van der Waals surface area contributed by atoms with Gasteiger partial charge in [-0.2, -0.15) is 17.0 Å². The maximum Gasteiger partial charge on any atom is 0.123 e. The predicted octanol–water partition coefficient (Wildman–Crippen LogP) is 5.26. The van der Waals surface area contributed by atoms with Crippen molar-refractivity contribution < 1.29 is 4.39 Å². The molecule has 0 saturated carbocycles. The molecule has 5 heteroatoms. The Morgan fingerprint density at radius 3 is 2.63 bits per heavy atom. The Labute approximate surface area is 163 Å². The molecule has 0 N–H and O–H groups in total. The molecule has 1 aliphatic heterocycles. The van der Waals surface area contributed by atoms with Crippen LogP contribution in [0.1, 0.15) is 16.8 Å². The Bertz CT molecular complexity index is 1030. The van der Waals surface area contributed by atoms with E-state index in [1.54, 1.807) is 11.8 Å². The molecular formula is C22H20FN3S. The number of benzene rings is 2. The first kappa shape index (κ1) is 17.7. The van der Waals surface area contributed by atoms with Crippen LogP contribution in [0.2, 0.25) is 0 Å². The van der Waals surface area contributed by atoms with Crippen molar-refractivity contribution in [2.45, 2.75) is 12.2 Å². The molecule has 4 rings (SSSR count). The summed E-state index contributed by atoms with van der Waals surface area (Å²) in [5.41, 5.74) is 7.38. The van der Waals surface area contributed by atoms with Gasteiger partial charge in [-0.05, 0) is 60.2 Å². The highest BCUT2D eigenvalue weighted by Crippen LogP contribution is 2.42. The van der Waals surface area contributed by atoms with E-state index in [9.17, 15) is 9.65 Å². The number of hydrogen-bond acceptors (Lipinski definition) is 3. The van der Waals surface area contributed by atoms with E-state index in [1.807, 2.05) is 23.7 Å². The molecule has 27 heavy (non-hydrogen) atoms. The lowest BCUT2D eigenvalue weighted by atomic mass is 9.99. The number of thioether (sulfide) groups is 1. The minimum Gasteiger partial charge on any atom is -0.342 e. The van der Waals surface area contributed by atoms with E-state index < -0.39 is 0 Å². The zero-order valence-corrected chi connectivity index (χ0v) is 16.2. The van der Waals surface area contributed by atoms with Gasteiger partial charge in [-0.15, -0.1) is 0 Å². The summed E-state index contributed by atoms with van der Waals surface area (Å²) in [5, 5.41) is 9.63. The Morgan fingerprint density at radius 2 is 1.93 bits per heavy atom. The third-order valence-electron chi connectivity index (χ3n) is 5.07. The second-order valence-electron chi connectivity index (χ2n) is 6.76. The van der Waals surface area contributed by atoms with Crippen LogP contribution in [0.3, 0.4) is 0 Å². The van der Waals surface area contributed by atoms with E-state index >= 15 is 0 Å². The van der Waals surface area contributed by atoms with Crippen LogP contribution in [0.15, 0.2) is 48.7 Å². The highest BCUT2D eigenvalue weighted by atomic mass is 32.2. The first-order valence-electron chi connectivity index (χ1n) is 8.86. The van der Waals surface area contributed by atoms with Gasteiger partial charge in [-0.25, -0.2) is 4.39 Å². The fourth-order valence-corrected chi connectivity index (χ4v) is 4.34. The second kappa shape index (κ2) is 7.13. The van der Waals surface area contributed by atoms with E-state index in [1.165, 1.54) is 17.7 Å². The lowest BCUT2D eigenvalue weighted by Crippen LogP contribution is -2.19. The molecule has 0 radical (unpaired) electrons. The summed E-state index contributed by atoms with van der Waals surface area (Å²) in [4.78, 5) is 2.22. The predicted molar refractivity (Wildman–Crippen MR) is 110 cm³/mol. The smallest absolute Gasteiger partial charge is 0.123 e. The van der Waals surface area contributed by atoms with Gasteiger partial charge in [0.15, 0.2) is 0 Å². The third-order valence-corrected chi connectivity index (χ3v) is 5.69. The zero-order valence-electron chi connectivity index (χ0n) is 15.4. The first-order valence-corrected chi connectivity index (χ1v) is 10.3. The molecule has 0 saturated heterocycles. The van der Waals surface area contributed by atoms with Gasteiger partial charge < -0.3 is 9.47 Å². The van der Waals surface area contributed by atoms with E-state index in [0.29, 0.717) is 5.69 Å². The summed E-state index contributed by atoms with van der Waals surface area (Å²) < 4.78 is 15.3. The van der Waals surface area contributed by atoms with E-state index in [-0.39, 0.29) is 5.82 Å². The second-order valence-corrected chi connectivity index (χ2v) is 7.62. The van der Waals surface area contributed by atoms with Crippen molar-refractivity contribution in [3.05, 3.63) is 71.3 Å². The Hall–Kier alpha value is -2.71. The van der Waals surface area contributed by atoms with Crippen molar-refractivity contribution in [1.29, 1.82) is 5.26 Å². The number of rotatable bonds is 3. The zero-order chi connectivity index (χ0) is 19.0. The summed E-state index contributed by atoms with van der Waals surface area (Å²) >= 11 is 1.79. The summed E-state index contributed by atoms with van der Waals surface area (Å²) in [7, 11) is 1.93. The molecule has 0 bridgehead atoms. The summed E-state index contributed by atoms with van der Waals surface area (Å²) in [6, 6.07) is 15.5. The maximum atomic E-state index is 13.4. The monoisotopic (exact) mass is 377 g/mol. The first-order chi connectivity index (χ1) is 13.1. The van der Waals surface area contributed by atoms with Crippen LogP contribution in [0.4, 0.5) is 15.8 Å². The molecule has 3 aromatic rings. The average Bonchev–Trinajstić information content (AvgIpc) is 2.91. The molecule has 0 unspecified atom stereocenters. The third kappa shape index (κ3) is 3.11. The van der Waals surface area contributed by atoms with Crippen LogP contribution in [-0.4, -0.2) is 17.4 Å². The Morgan fingerprint density at radius 1 is 1.15 bits per heavy atom. The van der Waals surface area contributed by atoms with Gasteiger partial charge in [0.25, 0.3) is 0 Å². The molecule has 0 amide bonds. The van der Waals surface area contributed by atoms with Gasteiger partial charge in [0, 0.05) is 48.0 Å². The topological polar surface area (TPSA) is 32.0 Å². The number of fused-ring (bicyclic) bond motifs is 3. The van der Waals surface area contributed by atoms with Crippen molar-refractivity contribution >= 4 is 23.1 Å². The number of anilines is 2. The highest BCUT2D eigenvalue weighted by Gasteiger charge is 2.25. The van der Waals surface area contributed by atoms with Gasteiger partial charge in [-0.3, -0.25) is 0 Å². The van der Waals surface area contributed by atoms with Crippen molar-refractivity contribution in [1.82, 2.24) is 4.57 Å². The Kier molecular flexibility index (Phi) is 4.67. The molecule has 0 aliphatic carbocycles. The average molecular weight is 377 g/mol. The maximum absolute atomic E-state index is 13.4. The van der Waals surface area contributed by atoms with Crippen molar-refractivity contribution in [2.75, 3.05) is 17.7 Å². The summed E-state index contributed by atoms with van der Waals surface area (Å²) in [6.07, 6.45) is 4.92. The fraction of sp³-hybridized carbons (Fsp3) is 0.227. The van der Waals surface area contributed by atoms with Gasteiger partial charge in [0.2, 0.25) is 0 Å². The number of hydrogen-bond donors (Lipinski definition) is 0. The molecule has 2 aromatic carbocycles. The van der Waals surface area contributed by atoms with Crippen molar-refractivity contribution in [2.24, 2.45) is 7.05 Å². The van der Waals surface area contributed by atoms with Crippen LogP contribution >= 0.6 is 11.8 Å². The molecule has 2 heterocycles. The molecule has 0 atom stereocenters. The quantitative estimate of drug-likeness (QED) is 0.624. The molecule has 1 aromatic heterocycles. The van der Waals surface area contributed by atoms with E-state index in [4.69, 9.17) is 0 Å². The number of halogens is 1. The van der Waals surface area contributed by atoms with Crippen molar-refractivity contribution in [3.8, 4) is 17.2 Å². The molecule has 136 valence electrons. The molecule has 0 spiro atoms. The summed E-state index contributed by atoms with van der Waals surface area (Å²) in [5.74, 6) is 0.705. The van der Waals surface area contributed by atoms with Crippen LogP contribution < -0.4 is 4.90 Å². The van der Waals surface area contributed by atoms with E-state index in [0.717, 1.165) is 46.8 Å². The molecule has 0 fully saturated rings. The number of nitrogens with zero attached hydrogens (tertiary/aromatic N) is 3. The van der Waals surface area contributed by atoms with Gasteiger partial charge >= 0.3 is 0 Å². The Balaban J connectivity index is 1.92. The van der Waals surface area contributed by atoms with Gasteiger partial charge in [0.1, 0.15) is 17.6 Å². The lowest BCUT2D eigenvalue weighted by molar-refractivity contribution is 0.627. The number of aryl methyl sites for hydroxylation is 1. The van der Waals surface area contributed by atoms with Gasteiger partial charge in [-0.1, -0.05) is 6.07 Å². The molecule has 3 nitrogen and oxygen atoms in total. The van der Waals surface area contributed by atoms with Crippen LogP contribution in [0, 0.1) is 17.1 Å². The number of aromatic nitrogens is 1.